The molecule has 0 saturated carbocycles. The van der Waals surface area contributed by atoms with Crippen molar-refractivity contribution in [1.29, 1.82) is 0 Å². The van der Waals surface area contributed by atoms with Crippen LogP contribution in [0.25, 0.3) is 0 Å². The average Bonchev–Trinajstić information content (AvgIpc) is 2.09. The molecule has 0 aromatic heterocycles. The molecular weight excluding hydrogens is 214 g/mol. The highest BCUT2D eigenvalue weighted by atomic mass is 79.9. The van der Waals surface area contributed by atoms with E-state index >= 15 is 0 Å². The van der Waals surface area contributed by atoms with Crippen LogP contribution in [-0.4, -0.2) is 6.04 Å². The lowest BCUT2D eigenvalue weighted by atomic mass is 10.1. The maximum atomic E-state index is 5.71. The fourth-order valence-electron chi connectivity index (χ4n) is 0.976. The van der Waals surface area contributed by atoms with E-state index in [4.69, 9.17) is 5.73 Å². The average molecular weight is 226 g/mol. The van der Waals surface area contributed by atoms with Gasteiger partial charge in [-0.3, -0.25) is 0 Å². The second-order valence-corrected chi connectivity index (χ2v) is 3.65. The lowest BCUT2D eigenvalue weighted by Gasteiger charge is -2.05. The van der Waals surface area contributed by atoms with Crippen LogP contribution in [0.3, 0.4) is 0 Å². The second kappa shape index (κ2) is 4.43. The van der Waals surface area contributed by atoms with Crippen LogP contribution < -0.4 is 5.73 Å². The minimum absolute atomic E-state index is 0.0613. The Balaban J connectivity index is 2.64. The van der Waals surface area contributed by atoms with Crippen molar-refractivity contribution in [2.75, 3.05) is 0 Å². The monoisotopic (exact) mass is 225 g/mol. The molecule has 1 nitrogen and oxygen atoms in total. The zero-order chi connectivity index (χ0) is 8.97. The zero-order valence-corrected chi connectivity index (χ0v) is 8.42. The van der Waals surface area contributed by atoms with Gasteiger partial charge in [0.1, 0.15) is 0 Å². The van der Waals surface area contributed by atoms with E-state index in [2.05, 4.69) is 34.6 Å². The first-order valence-electron chi connectivity index (χ1n) is 3.85. The van der Waals surface area contributed by atoms with Crippen molar-refractivity contribution in [2.24, 2.45) is 5.73 Å². The van der Waals surface area contributed by atoms with Crippen LogP contribution in [0.15, 0.2) is 41.4 Å². The van der Waals surface area contributed by atoms with E-state index in [1.54, 1.807) is 6.08 Å². The molecular formula is C10H12BrN. The molecule has 1 aromatic rings. The molecule has 0 heterocycles. The summed E-state index contributed by atoms with van der Waals surface area (Å²) in [6.45, 7) is 3.64. The Hall–Kier alpha value is -0.600. The maximum absolute atomic E-state index is 5.71. The molecule has 1 aromatic carbocycles. The van der Waals surface area contributed by atoms with Crippen LogP contribution in [0.4, 0.5) is 0 Å². The number of nitrogens with two attached hydrogens (primary N) is 1. The minimum atomic E-state index is 0.0613. The SMILES string of the molecule is C=CC(N)Cc1ccc(Br)cc1. The lowest BCUT2D eigenvalue weighted by molar-refractivity contribution is 0.812. The van der Waals surface area contributed by atoms with Gasteiger partial charge in [-0.25, -0.2) is 0 Å². The van der Waals surface area contributed by atoms with Crippen molar-refractivity contribution >= 4 is 15.9 Å². The third-order valence-corrected chi connectivity index (χ3v) is 2.22. The Kier molecular flexibility index (Phi) is 3.50. The zero-order valence-electron chi connectivity index (χ0n) is 6.83. The molecule has 0 fully saturated rings. The van der Waals surface area contributed by atoms with Gasteiger partial charge in [-0.05, 0) is 24.1 Å². The highest BCUT2D eigenvalue weighted by Gasteiger charge is 1.98. The summed E-state index contributed by atoms with van der Waals surface area (Å²) in [7, 11) is 0. The summed E-state index contributed by atoms with van der Waals surface area (Å²) < 4.78 is 1.10. The summed E-state index contributed by atoms with van der Waals surface area (Å²) in [4.78, 5) is 0. The first kappa shape index (κ1) is 9.49. The van der Waals surface area contributed by atoms with E-state index < -0.39 is 0 Å². The molecule has 0 spiro atoms. The van der Waals surface area contributed by atoms with Crippen molar-refractivity contribution in [3.63, 3.8) is 0 Å². The molecule has 2 heteroatoms. The first-order valence-corrected chi connectivity index (χ1v) is 4.64. The van der Waals surface area contributed by atoms with E-state index in [9.17, 15) is 0 Å². The normalized spacial score (nSPS) is 12.5. The van der Waals surface area contributed by atoms with Crippen LogP contribution in [0, 0.1) is 0 Å². The van der Waals surface area contributed by atoms with Crippen LogP contribution in [0.1, 0.15) is 5.56 Å². The number of hydrogen-bond donors (Lipinski definition) is 1. The Morgan fingerprint density at radius 3 is 2.50 bits per heavy atom. The van der Waals surface area contributed by atoms with Crippen molar-refractivity contribution < 1.29 is 0 Å². The lowest BCUT2D eigenvalue weighted by Crippen LogP contribution is -2.19. The van der Waals surface area contributed by atoms with E-state index in [-0.39, 0.29) is 6.04 Å². The molecule has 12 heavy (non-hydrogen) atoms. The predicted octanol–water partition coefficient (Wildman–Crippen LogP) is 2.50. The molecule has 0 bridgehead atoms. The van der Waals surface area contributed by atoms with Crippen molar-refractivity contribution in [1.82, 2.24) is 0 Å². The number of benzene rings is 1. The van der Waals surface area contributed by atoms with Gasteiger partial charge in [0.05, 0.1) is 0 Å². The molecule has 1 atom stereocenters. The van der Waals surface area contributed by atoms with E-state index in [1.807, 2.05) is 12.1 Å². The molecule has 1 rings (SSSR count). The first-order chi connectivity index (χ1) is 5.72. The molecule has 0 saturated heterocycles. The second-order valence-electron chi connectivity index (χ2n) is 2.73. The van der Waals surface area contributed by atoms with Crippen LogP contribution in [0.5, 0.6) is 0 Å². The van der Waals surface area contributed by atoms with Gasteiger partial charge in [0, 0.05) is 10.5 Å². The van der Waals surface area contributed by atoms with Gasteiger partial charge in [-0.1, -0.05) is 34.1 Å². The van der Waals surface area contributed by atoms with Crippen LogP contribution >= 0.6 is 15.9 Å². The maximum Gasteiger partial charge on any atom is 0.0262 e. The van der Waals surface area contributed by atoms with Gasteiger partial charge in [0.25, 0.3) is 0 Å². The van der Waals surface area contributed by atoms with Crippen molar-refractivity contribution in [2.45, 2.75) is 12.5 Å². The molecule has 0 aliphatic rings. The van der Waals surface area contributed by atoms with Gasteiger partial charge in [0.15, 0.2) is 0 Å². The topological polar surface area (TPSA) is 26.0 Å². The van der Waals surface area contributed by atoms with Gasteiger partial charge >= 0.3 is 0 Å². The highest BCUT2D eigenvalue weighted by molar-refractivity contribution is 9.10. The van der Waals surface area contributed by atoms with Gasteiger partial charge < -0.3 is 5.73 Å². The van der Waals surface area contributed by atoms with E-state index in [1.165, 1.54) is 5.56 Å². The Morgan fingerprint density at radius 2 is 2.00 bits per heavy atom. The Morgan fingerprint density at radius 1 is 1.42 bits per heavy atom. The van der Waals surface area contributed by atoms with E-state index in [0.717, 1.165) is 10.9 Å². The summed E-state index contributed by atoms with van der Waals surface area (Å²) in [5, 5.41) is 0. The molecule has 0 aliphatic heterocycles. The van der Waals surface area contributed by atoms with Crippen LogP contribution in [-0.2, 0) is 6.42 Å². The summed E-state index contributed by atoms with van der Waals surface area (Å²) in [6.07, 6.45) is 2.62. The smallest absolute Gasteiger partial charge is 0.0262 e. The third-order valence-electron chi connectivity index (χ3n) is 1.69. The number of halogens is 1. The summed E-state index contributed by atoms with van der Waals surface area (Å²) >= 11 is 3.38. The molecule has 1 unspecified atom stereocenters. The molecule has 0 amide bonds. The minimum Gasteiger partial charge on any atom is -0.324 e. The molecule has 2 N–H and O–H groups in total. The summed E-state index contributed by atoms with van der Waals surface area (Å²) in [6, 6.07) is 8.23. The molecule has 64 valence electrons. The quantitative estimate of drug-likeness (QED) is 0.787. The van der Waals surface area contributed by atoms with Crippen molar-refractivity contribution in [3.8, 4) is 0 Å². The largest absolute Gasteiger partial charge is 0.324 e. The predicted molar refractivity (Wildman–Crippen MR) is 56.0 cm³/mol. The fourth-order valence-corrected chi connectivity index (χ4v) is 1.24. The Labute approximate surface area is 81.4 Å². The van der Waals surface area contributed by atoms with Crippen molar-refractivity contribution in [3.05, 3.63) is 47.0 Å². The summed E-state index contributed by atoms with van der Waals surface area (Å²) in [5.74, 6) is 0. The van der Waals surface area contributed by atoms with Gasteiger partial charge in [0.2, 0.25) is 0 Å². The summed E-state index contributed by atoms with van der Waals surface area (Å²) in [5.41, 5.74) is 6.95. The van der Waals surface area contributed by atoms with Gasteiger partial charge in [-0.2, -0.15) is 0 Å². The van der Waals surface area contributed by atoms with Crippen LogP contribution in [0.2, 0.25) is 0 Å². The van der Waals surface area contributed by atoms with E-state index in [0.29, 0.717) is 0 Å². The number of rotatable bonds is 3. The third kappa shape index (κ3) is 2.80. The Bertz CT molecular complexity index is 253. The standard InChI is InChI=1S/C10H12BrN/c1-2-10(12)7-8-3-5-9(11)6-4-8/h2-6,10H,1,7,12H2. The molecule has 0 radical (unpaired) electrons. The molecule has 0 aliphatic carbocycles. The number of hydrogen-bond acceptors (Lipinski definition) is 1. The fraction of sp³-hybridized carbons (Fsp3) is 0.200. The highest BCUT2D eigenvalue weighted by Crippen LogP contribution is 2.11. The van der Waals surface area contributed by atoms with Gasteiger partial charge in [-0.15, -0.1) is 6.58 Å².